The average Bonchev–Trinajstić information content (AvgIpc) is 3.63. The lowest BCUT2D eigenvalue weighted by Gasteiger charge is -2.24. The second-order valence-corrected chi connectivity index (χ2v) is 10.4. The van der Waals surface area contributed by atoms with E-state index in [9.17, 15) is 9.18 Å². The Kier molecular flexibility index (Phi) is 7.69. The van der Waals surface area contributed by atoms with Crippen molar-refractivity contribution in [2.45, 2.75) is 25.9 Å². The first-order valence-electron chi connectivity index (χ1n) is 11.9. The van der Waals surface area contributed by atoms with Crippen LogP contribution in [0.25, 0.3) is 0 Å². The van der Waals surface area contributed by atoms with Crippen LogP contribution in [-0.4, -0.2) is 35.1 Å². The van der Waals surface area contributed by atoms with Gasteiger partial charge in [-0.25, -0.2) is 9.40 Å². The van der Waals surface area contributed by atoms with Gasteiger partial charge in [0.1, 0.15) is 46.4 Å². The first-order valence-corrected chi connectivity index (χ1v) is 13.0. The summed E-state index contributed by atoms with van der Waals surface area (Å²) in [7, 11) is 1.84. The summed E-state index contributed by atoms with van der Waals surface area (Å²) in [6, 6.07) is 16.8. The molecule has 1 atom stereocenters. The normalized spacial score (nSPS) is 15.3. The highest BCUT2D eigenvalue weighted by molar-refractivity contribution is 9.10. The number of furan rings is 2. The van der Waals surface area contributed by atoms with E-state index in [0.717, 1.165) is 15.8 Å². The maximum atomic E-state index is 13.6. The predicted molar refractivity (Wildman–Crippen MR) is 145 cm³/mol. The van der Waals surface area contributed by atoms with Gasteiger partial charge in [-0.1, -0.05) is 33.6 Å². The SMILES string of the molecule is Cc1ccc(C2=NN(C(=O)CN(C)Cc3ccc(Br)cc3Oc3ccc(F)c(Cl)c3)C(c3ccco3)C2)o1. The predicted octanol–water partition coefficient (Wildman–Crippen LogP) is 7.34. The van der Waals surface area contributed by atoms with Crippen LogP contribution in [0.2, 0.25) is 5.02 Å². The molecule has 10 heteroatoms. The van der Waals surface area contributed by atoms with Crippen molar-refractivity contribution >= 4 is 39.1 Å². The molecule has 0 bridgehead atoms. The van der Waals surface area contributed by atoms with Gasteiger partial charge in [-0.3, -0.25) is 9.69 Å². The van der Waals surface area contributed by atoms with Crippen LogP contribution in [0.3, 0.4) is 0 Å². The van der Waals surface area contributed by atoms with E-state index < -0.39 is 5.82 Å². The van der Waals surface area contributed by atoms with Crippen molar-refractivity contribution < 1.29 is 22.8 Å². The summed E-state index contributed by atoms with van der Waals surface area (Å²) in [5, 5.41) is 6.06. The van der Waals surface area contributed by atoms with Gasteiger partial charge < -0.3 is 13.6 Å². The molecule has 0 fully saturated rings. The second-order valence-electron chi connectivity index (χ2n) is 9.03. The Morgan fingerprint density at radius 1 is 1.24 bits per heavy atom. The molecule has 3 heterocycles. The lowest BCUT2D eigenvalue weighted by atomic mass is 10.1. The Morgan fingerprint density at radius 2 is 2.08 bits per heavy atom. The van der Waals surface area contributed by atoms with Crippen molar-refractivity contribution in [3.8, 4) is 11.5 Å². The van der Waals surface area contributed by atoms with Crippen LogP contribution in [-0.2, 0) is 11.3 Å². The number of ether oxygens (including phenoxy) is 1. The number of aryl methyl sites for hydroxylation is 1. The van der Waals surface area contributed by atoms with Crippen LogP contribution in [0.4, 0.5) is 4.39 Å². The topological polar surface area (TPSA) is 71.4 Å². The zero-order chi connectivity index (χ0) is 26.8. The van der Waals surface area contributed by atoms with Gasteiger partial charge in [0.2, 0.25) is 0 Å². The number of hydrogen-bond acceptors (Lipinski definition) is 6. The summed E-state index contributed by atoms with van der Waals surface area (Å²) in [4.78, 5) is 15.3. The monoisotopic (exact) mass is 599 g/mol. The highest BCUT2D eigenvalue weighted by Gasteiger charge is 2.36. The molecule has 1 amide bonds. The van der Waals surface area contributed by atoms with E-state index >= 15 is 0 Å². The molecule has 0 N–H and O–H groups in total. The Balaban J connectivity index is 1.32. The van der Waals surface area contributed by atoms with E-state index in [0.29, 0.717) is 41.7 Å². The molecule has 4 aromatic rings. The number of rotatable bonds is 8. The lowest BCUT2D eigenvalue weighted by Crippen LogP contribution is -2.36. The molecule has 1 aliphatic heterocycles. The van der Waals surface area contributed by atoms with Gasteiger partial charge in [0.05, 0.1) is 17.8 Å². The molecular formula is C28H24BrClFN3O4. The number of amides is 1. The summed E-state index contributed by atoms with van der Waals surface area (Å²) >= 11 is 9.38. The number of likely N-dealkylation sites (N-methyl/N-ethyl adjacent to an activating group) is 1. The molecule has 0 saturated heterocycles. The molecule has 7 nitrogen and oxygen atoms in total. The van der Waals surface area contributed by atoms with E-state index in [2.05, 4.69) is 21.0 Å². The molecular weight excluding hydrogens is 577 g/mol. The first kappa shape index (κ1) is 26.2. The highest BCUT2D eigenvalue weighted by atomic mass is 79.9. The summed E-state index contributed by atoms with van der Waals surface area (Å²) in [5.74, 6) is 2.33. The number of halogens is 3. The van der Waals surface area contributed by atoms with Crippen molar-refractivity contribution in [3.63, 3.8) is 0 Å². The fourth-order valence-electron chi connectivity index (χ4n) is 4.25. The van der Waals surface area contributed by atoms with E-state index in [1.807, 2.05) is 55.3 Å². The maximum Gasteiger partial charge on any atom is 0.257 e. The van der Waals surface area contributed by atoms with Gasteiger partial charge in [0, 0.05) is 29.1 Å². The maximum absolute atomic E-state index is 13.6. The molecule has 38 heavy (non-hydrogen) atoms. The quantitative estimate of drug-likeness (QED) is 0.212. The lowest BCUT2D eigenvalue weighted by molar-refractivity contribution is -0.134. The highest BCUT2D eigenvalue weighted by Crippen LogP contribution is 2.34. The van der Waals surface area contributed by atoms with Crippen LogP contribution in [0.1, 0.15) is 35.3 Å². The zero-order valence-electron chi connectivity index (χ0n) is 20.7. The van der Waals surface area contributed by atoms with Crippen LogP contribution < -0.4 is 4.74 Å². The molecule has 5 rings (SSSR count). The minimum Gasteiger partial charge on any atom is -0.467 e. The molecule has 2 aromatic carbocycles. The molecule has 0 saturated carbocycles. The van der Waals surface area contributed by atoms with Crippen molar-refractivity contribution in [2.24, 2.45) is 5.10 Å². The fraction of sp³-hybridized carbons (Fsp3) is 0.214. The summed E-state index contributed by atoms with van der Waals surface area (Å²) in [5.41, 5.74) is 1.53. The van der Waals surface area contributed by atoms with Crippen LogP contribution >= 0.6 is 27.5 Å². The Labute approximate surface area is 232 Å². The van der Waals surface area contributed by atoms with E-state index in [4.69, 9.17) is 25.2 Å². The standard InChI is InChI=1S/C28H24BrClFN3O4/c1-17-5-10-25(37-17)23-14-24(26-4-3-11-36-26)34(32-23)28(35)16-33(2)15-18-6-7-19(29)12-27(18)38-20-8-9-22(31)21(30)13-20/h3-13,24H,14-16H2,1-2H3. The molecule has 0 aliphatic carbocycles. The Hall–Kier alpha value is -3.40. The number of benzene rings is 2. The first-order chi connectivity index (χ1) is 18.3. The van der Waals surface area contributed by atoms with Gasteiger partial charge in [-0.05, 0) is 62.5 Å². The number of hydrazone groups is 1. The Morgan fingerprint density at radius 3 is 2.79 bits per heavy atom. The van der Waals surface area contributed by atoms with Crippen molar-refractivity contribution in [2.75, 3.05) is 13.6 Å². The van der Waals surface area contributed by atoms with Gasteiger partial charge in [0.25, 0.3) is 5.91 Å². The van der Waals surface area contributed by atoms with Gasteiger partial charge in [-0.15, -0.1) is 0 Å². The minimum absolute atomic E-state index is 0.0249. The van der Waals surface area contributed by atoms with E-state index in [-0.39, 0.29) is 23.5 Å². The van der Waals surface area contributed by atoms with Crippen molar-refractivity contribution in [1.82, 2.24) is 9.91 Å². The average molecular weight is 601 g/mol. The molecule has 1 aliphatic rings. The van der Waals surface area contributed by atoms with E-state index in [1.54, 1.807) is 12.3 Å². The fourth-order valence-corrected chi connectivity index (χ4v) is 4.76. The second kappa shape index (κ2) is 11.1. The van der Waals surface area contributed by atoms with Gasteiger partial charge in [0.15, 0.2) is 0 Å². The molecule has 0 radical (unpaired) electrons. The Bertz CT molecular complexity index is 1490. The molecule has 2 aromatic heterocycles. The number of carbonyl (C=O) groups excluding carboxylic acids is 1. The van der Waals surface area contributed by atoms with Crippen molar-refractivity contribution in [3.05, 3.63) is 105 Å². The van der Waals surface area contributed by atoms with Crippen LogP contribution in [0, 0.1) is 12.7 Å². The summed E-state index contributed by atoms with van der Waals surface area (Å²) in [6.45, 7) is 2.38. The van der Waals surface area contributed by atoms with Crippen LogP contribution in [0.15, 0.2) is 85.3 Å². The molecule has 196 valence electrons. The third kappa shape index (κ3) is 5.85. The van der Waals surface area contributed by atoms with E-state index in [1.165, 1.54) is 23.2 Å². The summed E-state index contributed by atoms with van der Waals surface area (Å²) in [6.07, 6.45) is 2.07. The van der Waals surface area contributed by atoms with Crippen LogP contribution in [0.5, 0.6) is 11.5 Å². The minimum atomic E-state index is -0.519. The summed E-state index contributed by atoms with van der Waals surface area (Å²) < 4.78 is 31.8. The molecule has 0 spiro atoms. The largest absolute Gasteiger partial charge is 0.467 e. The zero-order valence-corrected chi connectivity index (χ0v) is 23.0. The van der Waals surface area contributed by atoms with Gasteiger partial charge in [-0.2, -0.15) is 5.10 Å². The number of hydrogen-bond donors (Lipinski definition) is 0. The number of nitrogens with zero attached hydrogens (tertiary/aromatic N) is 3. The van der Waals surface area contributed by atoms with Gasteiger partial charge >= 0.3 is 0 Å². The van der Waals surface area contributed by atoms with Crippen molar-refractivity contribution in [1.29, 1.82) is 0 Å². The third-order valence-electron chi connectivity index (χ3n) is 6.06. The number of carbonyl (C=O) groups is 1. The third-order valence-corrected chi connectivity index (χ3v) is 6.84. The smallest absolute Gasteiger partial charge is 0.257 e. The molecule has 1 unspecified atom stereocenters.